The summed E-state index contributed by atoms with van der Waals surface area (Å²) in [5.41, 5.74) is 0. The Hall–Kier alpha value is -0.220. The van der Waals surface area contributed by atoms with E-state index in [1.165, 1.54) is 0 Å². The van der Waals surface area contributed by atoms with E-state index in [2.05, 4.69) is 24.1 Å². The minimum absolute atomic E-state index is 0.00292. The average molecular weight is 192 g/mol. The van der Waals surface area contributed by atoms with Crippen molar-refractivity contribution in [1.29, 1.82) is 0 Å². The molecule has 2 nitrogen and oxygen atoms in total. The van der Waals surface area contributed by atoms with Gasteiger partial charge < -0.3 is 5.32 Å². The third kappa shape index (κ3) is 3.56. The molecule has 1 aliphatic rings. The highest BCUT2D eigenvalue weighted by Crippen LogP contribution is 2.09. The minimum atomic E-state index is -2.17. The third-order valence-electron chi connectivity index (χ3n) is 2.53. The number of nitrogens with zero attached hydrogens (tertiary/aromatic N) is 1. The molecule has 1 rings (SSSR count). The maximum absolute atomic E-state index is 12.0. The summed E-state index contributed by atoms with van der Waals surface area (Å²) < 4.78 is 23.9. The van der Waals surface area contributed by atoms with Crippen molar-refractivity contribution in [3.8, 4) is 0 Å². The Morgan fingerprint density at radius 1 is 1.46 bits per heavy atom. The zero-order valence-corrected chi connectivity index (χ0v) is 8.26. The Morgan fingerprint density at radius 2 is 2.15 bits per heavy atom. The van der Waals surface area contributed by atoms with Crippen LogP contribution in [0.25, 0.3) is 0 Å². The van der Waals surface area contributed by atoms with Crippen LogP contribution >= 0.6 is 0 Å². The quantitative estimate of drug-likeness (QED) is 0.725. The maximum Gasteiger partial charge on any atom is 0.239 e. The van der Waals surface area contributed by atoms with Gasteiger partial charge in [0.1, 0.15) is 0 Å². The van der Waals surface area contributed by atoms with Gasteiger partial charge in [-0.15, -0.1) is 0 Å². The summed E-state index contributed by atoms with van der Waals surface area (Å²) in [4.78, 5) is 2.13. The lowest BCUT2D eigenvalue weighted by Crippen LogP contribution is -2.54. The molecule has 0 amide bonds. The number of hydrogen-bond donors (Lipinski definition) is 1. The van der Waals surface area contributed by atoms with Crippen LogP contribution in [0.3, 0.4) is 0 Å². The Bertz CT molecular complexity index is 153. The van der Waals surface area contributed by atoms with Gasteiger partial charge in [-0.25, -0.2) is 8.78 Å². The third-order valence-corrected chi connectivity index (χ3v) is 2.53. The second-order valence-electron chi connectivity index (χ2n) is 3.83. The van der Waals surface area contributed by atoms with Gasteiger partial charge in [-0.1, -0.05) is 0 Å². The van der Waals surface area contributed by atoms with Crippen LogP contribution in [-0.2, 0) is 0 Å². The molecule has 1 fully saturated rings. The molecule has 2 unspecified atom stereocenters. The Labute approximate surface area is 78.3 Å². The molecule has 2 atom stereocenters. The molecule has 1 N–H and O–H groups in total. The Morgan fingerprint density at radius 3 is 2.77 bits per heavy atom. The van der Waals surface area contributed by atoms with E-state index in [1.54, 1.807) is 0 Å². The molecule has 0 aromatic carbocycles. The van der Waals surface area contributed by atoms with Crippen LogP contribution in [0.5, 0.6) is 0 Å². The normalized spacial score (nSPS) is 31.2. The number of rotatable bonds is 3. The molecule has 0 aromatic rings. The summed E-state index contributed by atoms with van der Waals surface area (Å²) >= 11 is 0. The lowest BCUT2D eigenvalue weighted by molar-refractivity contribution is 0.0875. The zero-order chi connectivity index (χ0) is 9.84. The molecule has 13 heavy (non-hydrogen) atoms. The summed E-state index contributed by atoms with van der Waals surface area (Å²) in [5, 5.41) is 3.32. The first kappa shape index (κ1) is 10.9. The van der Waals surface area contributed by atoms with Crippen molar-refractivity contribution in [3.05, 3.63) is 0 Å². The van der Waals surface area contributed by atoms with E-state index in [4.69, 9.17) is 0 Å². The predicted molar refractivity (Wildman–Crippen MR) is 49.1 cm³/mol. The molecule has 0 aromatic heterocycles. The van der Waals surface area contributed by atoms with E-state index in [9.17, 15) is 8.78 Å². The van der Waals surface area contributed by atoms with Crippen LogP contribution < -0.4 is 5.32 Å². The van der Waals surface area contributed by atoms with Crippen LogP contribution in [0, 0.1) is 0 Å². The van der Waals surface area contributed by atoms with Crippen LogP contribution in [-0.4, -0.2) is 43.0 Å². The first-order chi connectivity index (χ1) is 6.09. The molecular formula is C9H18F2N2. The number of alkyl halides is 2. The van der Waals surface area contributed by atoms with E-state index < -0.39 is 6.43 Å². The van der Waals surface area contributed by atoms with Crippen molar-refractivity contribution >= 4 is 0 Å². The van der Waals surface area contributed by atoms with Crippen LogP contribution in [0.4, 0.5) is 8.78 Å². The summed E-state index contributed by atoms with van der Waals surface area (Å²) in [6, 6.07) is 0.809. The molecule has 1 saturated heterocycles. The predicted octanol–water partition coefficient (Wildman–Crippen LogP) is 1.32. The highest BCUT2D eigenvalue weighted by molar-refractivity contribution is 4.81. The van der Waals surface area contributed by atoms with Gasteiger partial charge in [-0.3, -0.25) is 4.90 Å². The maximum atomic E-state index is 12.0. The summed E-state index contributed by atoms with van der Waals surface area (Å²) in [5.74, 6) is 0. The molecule has 78 valence electrons. The lowest BCUT2D eigenvalue weighted by Gasteiger charge is -2.37. The van der Waals surface area contributed by atoms with Gasteiger partial charge in [-0.05, 0) is 13.8 Å². The van der Waals surface area contributed by atoms with Gasteiger partial charge in [-0.2, -0.15) is 0 Å². The highest BCUT2D eigenvalue weighted by atomic mass is 19.3. The molecule has 0 saturated carbocycles. The standard InChI is InChI=1S/C9H18F2N2/c1-7-6-13(4-3-9(10)11)8(2)5-12-7/h7-9,12H,3-6H2,1-2H3. The van der Waals surface area contributed by atoms with Gasteiger partial charge in [0.25, 0.3) is 0 Å². The lowest BCUT2D eigenvalue weighted by atomic mass is 10.1. The molecule has 0 radical (unpaired) electrons. The van der Waals surface area contributed by atoms with Gasteiger partial charge in [0.2, 0.25) is 6.43 Å². The van der Waals surface area contributed by atoms with Gasteiger partial charge in [0, 0.05) is 38.1 Å². The molecule has 4 heteroatoms. The zero-order valence-electron chi connectivity index (χ0n) is 8.26. The molecular weight excluding hydrogens is 174 g/mol. The van der Waals surface area contributed by atoms with Crippen molar-refractivity contribution in [2.75, 3.05) is 19.6 Å². The van der Waals surface area contributed by atoms with Crippen molar-refractivity contribution < 1.29 is 8.78 Å². The molecule has 0 spiro atoms. The Balaban J connectivity index is 2.29. The highest BCUT2D eigenvalue weighted by Gasteiger charge is 2.22. The van der Waals surface area contributed by atoms with Crippen LogP contribution in [0.15, 0.2) is 0 Å². The minimum Gasteiger partial charge on any atom is -0.311 e. The van der Waals surface area contributed by atoms with E-state index >= 15 is 0 Å². The molecule has 1 heterocycles. The first-order valence-corrected chi connectivity index (χ1v) is 4.85. The van der Waals surface area contributed by atoms with Gasteiger partial charge >= 0.3 is 0 Å². The number of nitrogens with one attached hydrogen (secondary N) is 1. The van der Waals surface area contributed by atoms with E-state index in [0.717, 1.165) is 13.1 Å². The number of hydrogen-bond acceptors (Lipinski definition) is 2. The topological polar surface area (TPSA) is 15.3 Å². The monoisotopic (exact) mass is 192 g/mol. The smallest absolute Gasteiger partial charge is 0.239 e. The summed E-state index contributed by atoms with van der Waals surface area (Å²) in [7, 11) is 0. The fraction of sp³-hybridized carbons (Fsp3) is 1.00. The summed E-state index contributed by atoms with van der Waals surface area (Å²) in [6.45, 7) is 6.47. The SMILES string of the molecule is CC1CN(CCC(F)F)C(C)CN1. The number of piperazine rings is 1. The number of halogens is 2. The van der Waals surface area contributed by atoms with Gasteiger partial charge in [0.15, 0.2) is 0 Å². The van der Waals surface area contributed by atoms with E-state index in [1.807, 2.05) is 0 Å². The van der Waals surface area contributed by atoms with Crippen LogP contribution in [0.2, 0.25) is 0 Å². The first-order valence-electron chi connectivity index (χ1n) is 4.85. The largest absolute Gasteiger partial charge is 0.311 e. The molecule has 1 aliphatic heterocycles. The van der Waals surface area contributed by atoms with Crippen molar-refractivity contribution in [1.82, 2.24) is 10.2 Å². The second kappa shape index (κ2) is 4.86. The average Bonchev–Trinajstić information content (AvgIpc) is 2.06. The van der Waals surface area contributed by atoms with Crippen molar-refractivity contribution in [2.24, 2.45) is 0 Å². The molecule has 0 bridgehead atoms. The summed E-state index contributed by atoms with van der Waals surface area (Å²) in [6.07, 6.45) is -2.17. The van der Waals surface area contributed by atoms with E-state index in [-0.39, 0.29) is 6.42 Å². The van der Waals surface area contributed by atoms with E-state index in [0.29, 0.717) is 18.6 Å². The Kier molecular flexibility index (Phi) is 4.06. The van der Waals surface area contributed by atoms with Crippen LogP contribution in [0.1, 0.15) is 20.3 Å². The van der Waals surface area contributed by atoms with Crippen molar-refractivity contribution in [3.63, 3.8) is 0 Å². The second-order valence-corrected chi connectivity index (χ2v) is 3.83. The van der Waals surface area contributed by atoms with Gasteiger partial charge in [0.05, 0.1) is 0 Å². The fourth-order valence-electron chi connectivity index (χ4n) is 1.67. The fourth-order valence-corrected chi connectivity index (χ4v) is 1.67. The van der Waals surface area contributed by atoms with Crippen molar-refractivity contribution in [2.45, 2.75) is 38.8 Å². The molecule has 0 aliphatic carbocycles.